The predicted molar refractivity (Wildman–Crippen MR) is 166 cm³/mol. The van der Waals surface area contributed by atoms with Crippen LogP contribution in [0.4, 0.5) is 23.3 Å². The van der Waals surface area contributed by atoms with E-state index in [-0.39, 0.29) is 24.2 Å². The van der Waals surface area contributed by atoms with E-state index in [1.54, 1.807) is 0 Å². The molecule has 9 heteroatoms. The molecule has 6 bridgehead atoms. The third-order valence-electron chi connectivity index (χ3n) is 9.06. The summed E-state index contributed by atoms with van der Waals surface area (Å²) in [7, 11) is 0. The number of fused-ring (bicyclic) bond motifs is 14. The molecule has 41 heavy (non-hydrogen) atoms. The van der Waals surface area contributed by atoms with Gasteiger partial charge in [-0.3, -0.25) is 0 Å². The first-order chi connectivity index (χ1) is 20.3. The number of benzene rings is 2. The van der Waals surface area contributed by atoms with Crippen LogP contribution in [0.1, 0.15) is 0 Å². The quantitative estimate of drug-likeness (QED) is 0.144. The standard InChI is InChI=1S/C32H26N8.Pb/c1-2-10-18-17(9-1)25-33-26(18)38-28-21-13-5-6-14-22(21)30(35-28)40-32-24-16-8-7-15-23(24)31(36-32)39-29-20-12-4-3-11-19(20)27(34-29)37-25;/h1-17,23,25,31,33,36-40H;/q-2;+2. The summed E-state index contributed by atoms with van der Waals surface area (Å²) in [6.07, 6.45) is 17.8. The van der Waals surface area contributed by atoms with Crippen molar-refractivity contribution in [1.29, 1.82) is 0 Å². The summed E-state index contributed by atoms with van der Waals surface area (Å²) in [5.74, 6) is 7.27. The van der Waals surface area contributed by atoms with Crippen molar-refractivity contribution in [3.8, 4) is 0 Å². The molecule has 0 fully saturated rings. The molecule has 4 atom stereocenters. The Hall–Kier alpha value is -4.32. The van der Waals surface area contributed by atoms with Crippen LogP contribution in [-0.4, -0.2) is 41.9 Å². The van der Waals surface area contributed by atoms with E-state index >= 15 is 0 Å². The normalized spacial score (nSPS) is 26.0. The molecule has 4 aliphatic heterocycles. The van der Waals surface area contributed by atoms with Crippen LogP contribution >= 0.6 is 0 Å². The van der Waals surface area contributed by atoms with Crippen LogP contribution in [0.3, 0.4) is 0 Å². The van der Waals surface area contributed by atoms with Gasteiger partial charge in [-0.1, -0.05) is 0 Å². The van der Waals surface area contributed by atoms with Crippen molar-refractivity contribution in [1.82, 2.24) is 15.4 Å². The monoisotopic (exact) mass is 730 g/mol. The Morgan fingerprint density at radius 3 is 1.44 bits per heavy atom. The van der Waals surface area contributed by atoms with E-state index in [1.807, 2.05) is 0 Å². The zero-order chi connectivity index (χ0) is 26.7. The maximum atomic E-state index is 4.00. The molecule has 6 heterocycles. The Labute approximate surface area is 249 Å². The van der Waals surface area contributed by atoms with Crippen LogP contribution in [0.15, 0.2) is 120 Å². The zero-order valence-corrected chi connectivity index (χ0v) is 25.8. The van der Waals surface area contributed by atoms with Crippen molar-refractivity contribution >= 4 is 69.6 Å². The number of allylic oxidation sites excluding steroid dienone is 6. The molecule has 2 aromatic carbocycles. The number of hydrogen-bond acceptors (Lipinski definition) is 6. The van der Waals surface area contributed by atoms with Gasteiger partial charge in [0.15, 0.2) is 0 Å². The molecule has 8 nitrogen and oxygen atoms in total. The first kappa shape index (κ1) is 22.4. The van der Waals surface area contributed by atoms with Crippen LogP contribution in [0.5, 0.6) is 0 Å². The summed E-state index contributed by atoms with van der Waals surface area (Å²) in [5, 5.41) is 28.5. The number of anilines is 4. The molecule has 0 amide bonds. The zero-order valence-electron chi connectivity index (χ0n) is 21.9. The molecule has 0 saturated heterocycles. The predicted octanol–water partition coefficient (Wildman–Crippen LogP) is 4.97. The van der Waals surface area contributed by atoms with Gasteiger partial charge in [0.2, 0.25) is 0 Å². The van der Waals surface area contributed by atoms with Crippen LogP contribution in [0, 0.1) is 11.8 Å². The number of hydrogen-bond donors (Lipinski definition) is 6. The van der Waals surface area contributed by atoms with Gasteiger partial charge in [0.1, 0.15) is 0 Å². The number of rotatable bonds is 0. The van der Waals surface area contributed by atoms with Crippen molar-refractivity contribution in [2.75, 3.05) is 21.3 Å². The van der Waals surface area contributed by atoms with Crippen LogP contribution in [-0.2, 0) is 0 Å². The van der Waals surface area contributed by atoms with Crippen molar-refractivity contribution in [3.63, 3.8) is 0 Å². The molecule has 2 radical (unpaired) electrons. The van der Waals surface area contributed by atoms with Gasteiger partial charge in [-0.2, -0.15) is 0 Å². The van der Waals surface area contributed by atoms with E-state index in [9.17, 15) is 0 Å². The average Bonchev–Trinajstić information content (AvgIpc) is 3.72. The molecule has 198 valence electrons. The molecular formula is C32H26N8Pb. The minimum absolute atomic E-state index is 0.0383. The maximum absolute atomic E-state index is 4.00. The van der Waals surface area contributed by atoms with Gasteiger partial charge in [0.25, 0.3) is 0 Å². The molecule has 0 spiro atoms. The van der Waals surface area contributed by atoms with Gasteiger partial charge in [-0.05, 0) is 0 Å². The molecular weight excluding hydrogens is 704 g/mol. The first-order valence-electron chi connectivity index (χ1n) is 14.1. The summed E-state index contributed by atoms with van der Waals surface area (Å²) in [6, 6.07) is 17.6. The fourth-order valence-corrected chi connectivity index (χ4v) is 12.3. The van der Waals surface area contributed by atoms with Crippen molar-refractivity contribution in [2.45, 2.75) is 12.3 Å². The summed E-state index contributed by atoms with van der Waals surface area (Å²) < 4.78 is 5.19. The Kier molecular flexibility index (Phi) is 4.43. The van der Waals surface area contributed by atoms with Crippen LogP contribution < -0.4 is 31.9 Å². The van der Waals surface area contributed by atoms with Gasteiger partial charge >= 0.3 is 250 Å². The van der Waals surface area contributed by atoms with Crippen molar-refractivity contribution in [2.24, 2.45) is 11.8 Å². The summed E-state index contributed by atoms with van der Waals surface area (Å²) in [6.45, 7) is 0. The minimum atomic E-state index is -1.86. The van der Waals surface area contributed by atoms with Crippen molar-refractivity contribution in [3.05, 3.63) is 120 Å². The molecule has 4 unspecified atom stereocenters. The van der Waals surface area contributed by atoms with Crippen LogP contribution in [0.2, 0.25) is 0 Å². The summed E-state index contributed by atoms with van der Waals surface area (Å²) in [5.41, 5.74) is 2.56. The van der Waals surface area contributed by atoms with E-state index in [2.05, 4.69) is 134 Å². The van der Waals surface area contributed by atoms with E-state index in [4.69, 9.17) is 0 Å². The molecule has 6 aliphatic rings. The van der Waals surface area contributed by atoms with Gasteiger partial charge in [0, 0.05) is 0 Å². The first-order valence-corrected chi connectivity index (χ1v) is 17.6. The third-order valence-corrected chi connectivity index (χ3v) is 14.1. The van der Waals surface area contributed by atoms with Gasteiger partial charge in [-0.15, -0.1) is 0 Å². The fraction of sp³-hybridized carbons (Fsp3) is 0.125. The van der Waals surface area contributed by atoms with E-state index in [0.29, 0.717) is 0 Å². The average molecular weight is 730 g/mol. The molecule has 4 aromatic rings. The Morgan fingerprint density at radius 2 is 0.951 bits per heavy atom. The molecule has 2 aromatic heterocycles. The topological polar surface area (TPSA) is 82.0 Å². The summed E-state index contributed by atoms with van der Waals surface area (Å²) >= 11 is -1.86. The molecule has 6 N–H and O–H groups in total. The second kappa shape index (κ2) is 8.12. The molecule has 2 aliphatic carbocycles. The van der Waals surface area contributed by atoms with Gasteiger partial charge < -0.3 is 0 Å². The number of aromatic nitrogens is 2. The Bertz CT molecular complexity index is 1880. The number of nitrogens with zero attached hydrogens (tertiary/aromatic N) is 2. The third kappa shape index (κ3) is 3.02. The van der Waals surface area contributed by atoms with Gasteiger partial charge in [-0.25, -0.2) is 0 Å². The second-order valence-corrected chi connectivity index (χ2v) is 15.5. The Balaban J connectivity index is 1.32. The summed E-state index contributed by atoms with van der Waals surface area (Å²) in [4.78, 5) is 0. The van der Waals surface area contributed by atoms with Gasteiger partial charge in [0.05, 0.1) is 0 Å². The van der Waals surface area contributed by atoms with E-state index in [1.165, 1.54) is 44.3 Å². The van der Waals surface area contributed by atoms with E-state index < -0.39 is 24.8 Å². The van der Waals surface area contributed by atoms with Crippen molar-refractivity contribution < 1.29 is 0 Å². The molecule has 10 rings (SSSR count). The van der Waals surface area contributed by atoms with Crippen LogP contribution in [0.25, 0.3) is 21.5 Å². The second-order valence-electron chi connectivity index (χ2n) is 11.2. The number of nitrogens with one attached hydrogen (secondary N) is 6. The van der Waals surface area contributed by atoms with E-state index in [0.717, 1.165) is 23.3 Å². The fourth-order valence-electron chi connectivity index (χ4n) is 7.18. The Morgan fingerprint density at radius 1 is 0.512 bits per heavy atom. The molecule has 0 saturated carbocycles. The SMILES string of the molecule is C1=CC2=C3Nc4c5ccccc5c5[n]4[Pb][n]4c(c6ccccc6c4NC4NC(=C6C=CC=CC64)N5)NC(N3)C2C=C1.